The van der Waals surface area contributed by atoms with Crippen molar-refractivity contribution < 1.29 is 4.79 Å². The number of carbonyl (C=O) groups is 1. The van der Waals surface area contributed by atoms with Gasteiger partial charge in [0, 0.05) is 17.8 Å². The Balaban J connectivity index is 0.000000185. The SMILES string of the molecule is C=Cc1cccc(NC=O)c1/C=C\C.c1ccc(C2CCNC2)cc1. The minimum atomic E-state index is 0.676. The first-order valence-corrected chi connectivity index (χ1v) is 8.64. The second kappa shape index (κ2) is 10.3. The average Bonchev–Trinajstić information content (AvgIpc) is 3.19. The number of anilines is 1. The lowest BCUT2D eigenvalue weighted by atomic mass is 9.99. The Hall–Kier alpha value is -2.65. The molecule has 3 nitrogen and oxygen atoms in total. The molecular formula is C22H26N2O. The Morgan fingerprint density at radius 2 is 1.96 bits per heavy atom. The maximum absolute atomic E-state index is 10.4. The fourth-order valence-corrected chi connectivity index (χ4v) is 2.97. The number of allylic oxidation sites excluding steroid dienone is 1. The number of hydrogen-bond acceptors (Lipinski definition) is 2. The van der Waals surface area contributed by atoms with Crippen molar-refractivity contribution in [3.63, 3.8) is 0 Å². The summed E-state index contributed by atoms with van der Waals surface area (Å²) >= 11 is 0. The second-order valence-corrected chi connectivity index (χ2v) is 5.88. The molecule has 0 bridgehead atoms. The third-order valence-electron chi connectivity index (χ3n) is 4.24. The van der Waals surface area contributed by atoms with Crippen LogP contribution in [0, 0.1) is 0 Å². The fraction of sp³-hybridized carbons (Fsp3) is 0.227. The van der Waals surface area contributed by atoms with Gasteiger partial charge in [0.2, 0.25) is 6.41 Å². The molecule has 1 fully saturated rings. The number of hydrogen-bond donors (Lipinski definition) is 2. The van der Waals surface area contributed by atoms with Gasteiger partial charge < -0.3 is 10.6 Å². The van der Waals surface area contributed by atoms with Crippen molar-refractivity contribution in [3.8, 4) is 0 Å². The van der Waals surface area contributed by atoms with Gasteiger partial charge in [-0.25, -0.2) is 0 Å². The smallest absolute Gasteiger partial charge is 0.211 e. The largest absolute Gasteiger partial charge is 0.328 e. The molecule has 0 spiro atoms. The van der Waals surface area contributed by atoms with Crippen molar-refractivity contribution in [2.24, 2.45) is 0 Å². The van der Waals surface area contributed by atoms with Crippen LogP contribution in [0.15, 0.2) is 61.2 Å². The molecule has 1 amide bonds. The zero-order valence-electron chi connectivity index (χ0n) is 14.7. The molecule has 1 heterocycles. The summed E-state index contributed by atoms with van der Waals surface area (Å²) < 4.78 is 0. The fourth-order valence-electron chi connectivity index (χ4n) is 2.97. The molecule has 2 aromatic carbocycles. The summed E-state index contributed by atoms with van der Waals surface area (Å²) in [6.45, 7) is 8.00. The normalized spacial score (nSPS) is 16.1. The van der Waals surface area contributed by atoms with E-state index in [0.717, 1.165) is 29.3 Å². The van der Waals surface area contributed by atoms with Gasteiger partial charge in [-0.2, -0.15) is 0 Å². The number of rotatable bonds is 5. The van der Waals surface area contributed by atoms with Gasteiger partial charge >= 0.3 is 0 Å². The van der Waals surface area contributed by atoms with Crippen LogP contribution in [0.1, 0.15) is 36.0 Å². The minimum Gasteiger partial charge on any atom is -0.328 e. The summed E-state index contributed by atoms with van der Waals surface area (Å²) in [5, 5.41) is 6.03. The van der Waals surface area contributed by atoms with Crippen LogP contribution in [-0.2, 0) is 4.79 Å². The van der Waals surface area contributed by atoms with Gasteiger partial charge in [-0.05, 0) is 43.0 Å². The summed E-state index contributed by atoms with van der Waals surface area (Å²) in [5.74, 6) is 0.760. The molecule has 3 rings (SSSR count). The molecule has 3 heteroatoms. The molecule has 1 saturated heterocycles. The highest BCUT2D eigenvalue weighted by Gasteiger charge is 2.15. The van der Waals surface area contributed by atoms with Gasteiger partial charge in [0.25, 0.3) is 0 Å². The topological polar surface area (TPSA) is 41.1 Å². The Labute approximate surface area is 150 Å². The van der Waals surface area contributed by atoms with E-state index in [-0.39, 0.29) is 0 Å². The second-order valence-electron chi connectivity index (χ2n) is 5.88. The van der Waals surface area contributed by atoms with Crippen molar-refractivity contribution in [2.75, 3.05) is 18.4 Å². The van der Waals surface area contributed by atoms with E-state index in [9.17, 15) is 4.79 Å². The quantitative estimate of drug-likeness (QED) is 0.779. The monoisotopic (exact) mass is 334 g/mol. The Bertz CT molecular complexity index is 701. The standard InChI is InChI=1S/C12H13NO.C10H13N/c1-3-6-11-10(4-2)7-5-8-12(11)13-9-14;1-2-4-9(5-3-1)10-6-7-11-8-10/h3-9H,2H2,1H3,(H,13,14);1-5,10-11H,6-8H2/b6-3-;. The van der Waals surface area contributed by atoms with Crippen molar-refractivity contribution in [1.29, 1.82) is 0 Å². The highest BCUT2D eigenvalue weighted by molar-refractivity contribution is 5.82. The van der Waals surface area contributed by atoms with Crippen LogP contribution in [-0.4, -0.2) is 19.5 Å². The van der Waals surface area contributed by atoms with Crippen LogP contribution in [0.25, 0.3) is 12.2 Å². The lowest BCUT2D eigenvalue weighted by Crippen LogP contribution is -2.07. The maximum atomic E-state index is 10.4. The van der Waals surface area contributed by atoms with E-state index in [4.69, 9.17) is 0 Å². The van der Waals surface area contributed by atoms with Crippen LogP contribution in [0.4, 0.5) is 5.69 Å². The van der Waals surface area contributed by atoms with Gasteiger partial charge in [-0.15, -0.1) is 0 Å². The van der Waals surface area contributed by atoms with Gasteiger partial charge in [-0.3, -0.25) is 4.79 Å². The average molecular weight is 334 g/mol. The molecule has 1 unspecified atom stereocenters. The molecule has 2 aromatic rings. The molecule has 2 N–H and O–H groups in total. The van der Waals surface area contributed by atoms with Crippen molar-refractivity contribution in [2.45, 2.75) is 19.3 Å². The summed E-state index contributed by atoms with van der Waals surface area (Å²) in [4.78, 5) is 10.4. The van der Waals surface area contributed by atoms with Crippen LogP contribution in [0.2, 0.25) is 0 Å². The van der Waals surface area contributed by atoms with E-state index in [1.807, 2.05) is 37.3 Å². The van der Waals surface area contributed by atoms with E-state index in [1.165, 1.54) is 18.5 Å². The summed E-state index contributed by atoms with van der Waals surface area (Å²) in [6.07, 6.45) is 7.62. The van der Waals surface area contributed by atoms with Crippen molar-refractivity contribution >= 4 is 24.2 Å². The molecule has 0 saturated carbocycles. The molecule has 0 radical (unpaired) electrons. The molecule has 0 aromatic heterocycles. The summed E-state index contributed by atoms with van der Waals surface area (Å²) in [6, 6.07) is 16.5. The molecule has 1 aliphatic heterocycles. The lowest BCUT2D eigenvalue weighted by molar-refractivity contribution is -0.105. The van der Waals surface area contributed by atoms with E-state index in [2.05, 4.69) is 47.5 Å². The number of benzene rings is 2. The minimum absolute atomic E-state index is 0.676. The summed E-state index contributed by atoms with van der Waals surface area (Å²) in [5.41, 5.74) is 4.28. The first kappa shape index (κ1) is 18.7. The molecule has 1 aliphatic rings. The Morgan fingerprint density at radius 1 is 1.16 bits per heavy atom. The number of nitrogens with one attached hydrogen (secondary N) is 2. The zero-order chi connectivity index (χ0) is 17.9. The van der Waals surface area contributed by atoms with Crippen LogP contribution < -0.4 is 10.6 Å². The molecule has 0 aliphatic carbocycles. The van der Waals surface area contributed by atoms with Crippen LogP contribution in [0.5, 0.6) is 0 Å². The molecule has 130 valence electrons. The highest BCUT2D eigenvalue weighted by atomic mass is 16.1. The lowest BCUT2D eigenvalue weighted by Gasteiger charge is -2.07. The van der Waals surface area contributed by atoms with Crippen molar-refractivity contribution in [1.82, 2.24) is 5.32 Å². The first-order chi connectivity index (χ1) is 12.3. The van der Waals surface area contributed by atoms with E-state index < -0.39 is 0 Å². The van der Waals surface area contributed by atoms with Crippen LogP contribution in [0.3, 0.4) is 0 Å². The van der Waals surface area contributed by atoms with Gasteiger partial charge in [0.1, 0.15) is 0 Å². The predicted molar refractivity (Wildman–Crippen MR) is 108 cm³/mol. The predicted octanol–water partition coefficient (Wildman–Crippen LogP) is 4.69. The maximum Gasteiger partial charge on any atom is 0.211 e. The van der Waals surface area contributed by atoms with Gasteiger partial charge in [0.05, 0.1) is 0 Å². The highest BCUT2D eigenvalue weighted by Crippen LogP contribution is 2.22. The summed E-state index contributed by atoms with van der Waals surface area (Å²) in [7, 11) is 0. The third-order valence-corrected chi connectivity index (χ3v) is 4.24. The van der Waals surface area contributed by atoms with Gasteiger partial charge in [-0.1, -0.05) is 67.3 Å². The van der Waals surface area contributed by atoms with E-state index >= 15 is 0 Å². The van der Waals surface area contributed by atoms with Gasteiger partial charge in [0.15, 0.2) is 0 Å². The molecule has 1 atom stereocenters. The number of carbonyl (C=O) groups excluding carboxylic acids is 1. The molecule has 25 heavy (non-hydrogen) atoms. The van der Waals surface area contributed by atoms with E-state index in [0.29, 0.717) is 6.41 Å². The third kappa shape index (κ3) is 5.44. The zero-order valence-corrected chi connectivity index (χ0v) is 14.7. The first-order valence-electron chi connectivity index (χ1n) is 8.64. The van der Waals surface area contributed by atoms with E-state index in [1.54, 1.807) is 6.08 Å². The Morgan fingerprint density at radius 3 is 2.56 bits per heavy atom. The molecular weight excluding hydrogens is 308 g/mol. The Kier molecular flexibility index (Phi) is 7.67. The van der Waals surface area contributed by atoms with Crippen LogP contribution >= 0.6 is 0 Å². The van der Waals surface area contributed by atoms with Crippen molar-refractivity contribution in [3.05, 3.63) is 77.9 Å². The number of amides is 1.